The van der Waals surface area contributed by atoms with Crippen molar-refractivity contribution in [3.63, 3.8) is 0 Å². The van der Waals surface area contributed by atoms with Crippen molar-refractivity contribution in [3.8, 4) is 0 Å². The molecule has 3 rings (SSSR count). The summed E-state index contributed by atoms with van der Waals surface area (Å²) in [4.78, 5) is 24.7. The number of rotatable bonds is 4. The van der Waals surface area contributed by atoms with E-state index in [1.165, 1.54) is 6.07 Å². The summed E-state index contributed by atoms with van der Waals surface area (Å²) >= 11 is 31.4. The van der Waals surface area contributed by atoms with Gasteiger partial charge in [0, 0.05) is 20.1 Å². The maximum Gasteiger partial charge on any atom is 0.263 e. The second kappa shape index (κ2) is 8.43. The Hall–Kier alpha value is -1.21. The first kappa shape index (κ1) is 20.5. The molecule has 140 valence electrons. The van der Waals surface area contributed by atoms with Crippen molar-refractivity contribution in [1.82, 2.24) is 5.32 Å². The number of benzene rings is 2. The third kappa shape index (κ3) is 4.62. The molecule has 0 unspecified atom stereocenters. The second-order valence-electron chi connectivity index (χ2n) is 5.36. The number of carbonyl (C=O) groups excluding carboxylic acids is 2. The molecule has 3 aromatic rings. The molecular weight excluding hydrogens is 474 g/mol. The number of thiophene rings is 1. The second-order valence-corrected chi connectivity index (χ2v) is 8.48. The van der Waals surface area contributed by atoms with E-state index in [2.05, 4.69) is 10.6 Å². The number of anilines is 1. The molecule has 10 heteroatoms. The molecule has 0 saturated heterocycles. The van der Waals surface area contributed by atoms with Crippen LogP contribution in [0.2, 0.25) is 25.1 Å². The molecule has 27 heavy (non-hydrogen) atoms. The molecule has 0 aliphatic heterocycles. The lowest BCUT2D eigenvalue weighted by molar-refractivity contribution is -0.115. The van der Waals surface area contributed by atoms with Crippen LogP contribution in [0, 0.1) is 0 Å². The Kier molecular flexibility index (Phi) is 6.41. The fraction of sp³-hybridized carbons (Fsp3) is 0.0588. The Morgan fingerprint density at radius 3 is 2.41 bits per heavy atom. The van der Waals surface area contributed by atoms with Crippen molar-refractivity contribution >= 4 is 96.9 Å². The number of amides is 2. The quantitative estimate of drug-likeness (QED) is 0.444. The van der Waals surface area contributed by atoms with Crippen molar-refractivity contribution in [2.45, 2.75) is 0 Å². The van der Waals surface area contributed by atoms with E-state index >= 15 is 0 Å². The van der Waals surface area contributed by atoms with E-state index in [9.17, 15) is 9.59 Å². The summed E-state index contributed by atoms with van der Waals surface area (Å²) < 4.78 is 0.679. The highest BCUT2D eigenvalue weighted by atomic mass is 35.5. The Morgan fingerprint density at radius 2 is 1.67 bits per heavy atom. The molecule has 2 N–H and O–H groups in total. The first-order valence-corrected chi connectivity index (χ1v) is 10.1. The van der Waals surface area contributed by atoms with E-state index < -0.39 is 11.8 Å². The Labute approximate surface area is 183 Å². The van der Waals surface area contributed by atoms with Gasteiger partial charge in [0.25, 0.3) is 5.91 Å². The number of fused-ring (bicyclic) bond motifs is 1. The van der Waals surface area contributed by atoms with Gasteiger partial charge in [0.2, 0.25) is 5.91 Å². The van der Waals surface area contributed by atoms with Crippen LogP contribution < -0.4 is 10.6 Å². The molecule has 0 fully saturated rings. The molecular formula is C17H9Cl5N2O2S. The van der Waals surface area contributed by atoms with Gasteiger partial charge in [-0.05, 0) is 30.3 Å². The highest BCUT2D eigenvalue weighted by Crippen LogP contribution is 2.41. The monoisotopic (exact) mass is 480 g/mol. The molecule has 1 aromatic heterocycles. The van der Waals surface area contributed by atoms with Crippen LogP contribution in [-0.4, -0.2) is 18.4 Å². The zero-order valence-corrected chi connectivity index (χ0v) is 17.8. The molecule has 2 amide bonds. The van der Waals surface area contributed by atoms with E-state index in [0.29, 0.717) is 35.9 Å². The minimum atomic E-state index is -0.499. The highest BCUT2D eigenvalue weighted by molar-refractivity contribution is 7.21. The molecule has 0 bridgehead atoms. The smallest absolute Gasteiger partial charge is 0.263 e. The zero-order valence-electron chi connectivity index (χ0n) is 13.2. The van der Waals surface area contributed by atoms with E-state index in [1.54, 1.807) is 24.3 Å². The topological polar surface area (TPSA) is 58.2 Å². The molecule has 0 atom stereocenters. The van der Waals surface area contributed by atoms with Gasteiger partial charge in [0.1, 0.15) is 4.88 Å². The van der Waals surface area contributed by atoms with Crippen LogP contribution in [0.3, 0.4) is 0 Å². The molecule has 0 spiro atoms. The zero-order chi connectivity index (χ0) is 19.7. The third-order valence-electron chi connectivity index (χ3n) is 3.47. The van der Waals surface area contributed by atoms with Gasteiger partial charge in [-0.2, -0.15) is 0 Å². The lowest BCUT2D eigenvalue weighted by Gasteiger charge is -2.08. The number of nitrogens with one attached hydrogen (secondary N) is 2. The van der Waals surface area contributed by atoms with Crippen LogP contribution in [0.1, 0.15) is 9.67 Å². The highest BCUT2D eigenvalue weighted by Gasteiger charge is 2.20. The van der Waals surface area contributed by atoms with Crippen molar-refractivity contribution in [2.75, 3.05) is 11.9 Å². The van der Waals surface area contributed by atoms with Gasteiger partial charge in [-0.15, -0.1) is 11.3 Å². The van der Waals surface area contributed by atoms with Gasteiger partial charge in [-0.1, -0.05) is 58.0 Å². The Balaban J connectivity index is 1.71. The van der Waals surface area contributed by atoms with Gasteiger partial charge in [0.05, 0.1) is 27.3 Å². The summed E-state index contributed by atoms with van der Waals surface area (Å²) in [7, 11) is 0. The van der Waals surface area contributed by atoms with E-state index in [-0.39, 0.29) is 16.4 Å². The van der Waals surface area contributed by atoms with Crippen LogP contribution >= 0.6 is 69.3 Å². The van der Waals surface area contributed by atoms with Crippen molar-refractivity contribution < 1.29 is 9.59 Å². The maximum atomic E-state index is 12.4. The fourth-order valence-corrected chi connectivity index (χ4v) is 4.92. The number of hydrogen-bond donors (Lipinski definition) is 2. The van der Waals surface area contributed by atoms with Crippen molar-refractivity contribution in [1.29, 1.82) is 0 Å². The van der Waals surface area contributed by atoms with Crippen LogP contribution in [0.15, 0.2) is 30.3 Å². The molecule has 0 aliphatic rings. The number of carbonyl (C=O) groups is 2. The van der Waals surface area contributed by atoms with Crippen LogP contribution in [0.25, 0.3) is 10.1 Å². The van der Waals surface area contributed by atoms with Gasteiger partial charge < -0.3 is 10.6 Å². The van der Waals surface area contributed by atoms with Crippen LogP contribution in [0.5, 0.6) is 0 Å². The van der Waals surface area contributed by atoms with Crippen LogP contribution in [0.4, 0.5) is 5.69 Å². The summed E-state index contributed by atoms with van der Waals surface area (Å²) in [5.41, 5.74) is 0.352. The lowest BCUT2D eigenvalue weighted by Crippen LogP contribution is -2.32. The summed E-state index contributed by atoms with van der Waals surface area (Å²) in [5.74, 6) is -0.966. The van der Waals surface area contributed by atoms with Gasteiger partial charge in [-0.25, -0.2) is 0 Å². The average molecular weight is 483 g/mol. The largest absolute Gasteiger partial charge is 0.342 e. The first-order chi connectivity index (χ1) is 12.8. The summed E-state index contributed by atoms with van der Waals surface area (Å²) in [6.45, 7) is -0.277. The van der Waals surface area contributed by atoms with E-state index in [4.69, 9.17) is 58.0 Å². The third-order valence-corrected chi connectivity index (χ3v) is 6.17. The van der Waals surface area contributed by atoms with Gasteiger partial charge in [-0.3, -0.25) is 9.59 Å². The SMILES string of the molecule is O=C(CNC(=O)c1sc2cc(Cl)cc(Cl)c2c1Cl)Nc1cc(Cl)ccc1Cl. The minimum absolute atomic E-state index is 0.215. The summed E-state index contributed by atoms with van der Waals surface area (Å²) in [6.07, 6.45) is 0. The number of halogens is 5. The first-order valence-electron chi connectivity index (χ1n) is 7.36. The van der Waals surface area contributed by atoms with Crippen LogP contribution in [-0.2, 0) is 4.79 Å². The standard InChI is InChI=1S/C17H9Cl5N2O2S/c18-7-1-2-9(20)11(4-7)24-13(25)6-23-17(26)16-15(22)14-10(21)3-8(19)5-12(14)27-16/h1-5H,6H2,(H,23,26)(H,24,25). The lowest BCUT2D eigenvalue weighted by atomic mass is 10.2. The van der Waals surface area contributed by atoms with Gasteiger partial charge >= 0.3 is 0 Å². The molecule has 0 radical (unpaired) electrons. The van der Waals surface area contributed by atoms with E-state index in [1.807, 2.05) is 0 Å². The maximum absolute atomic E-state index is 12.4. The number of hydrogen-bond acceptors (Lipinski definition) is 3. The van der Waals surface area contributed by atoms with Crippen molar-refractivity contribution in [2.24, 2.45) is 0 Å². The minimum Gasteiger partial charge on any atom is -0.342 e. The Morgan fingerprint density at radius 1 is 0.926 bits per heavy atom. The average Bonchev–Trinajstić information content (AvgIpc) is 2.92. The summed E-state index contributed by atoms with van der Waals surface area (Å²) in [5, 5.41) is 7.40. The predicted molar refractivity (Wildman–Crippen MR) is 114 cm³/mol. The normalized spacial score (nSPS) is 10.9. The fourth-order valence-electron chi connectivity index (χ4n) is 2.29. The molecule has 4 nitrogen and oxygen atoms in total. The molecule has 1 heterocycles. The summed E-state index contributed by atoms with van der Waals surface area (Å²) in [6, 6.07) is 7.89. The molecule has 0 aliphatic carbocycles. The molecule has 0 saturated carbocycles. The molecule has 2 aromatic carbocycles. The van der Waals surface area contributed by atoms with Gasteiger partial charge in [0.15, 0.2) is 0 Å². The van der Waals surface area contributed by atoms with Crippen molar-refractivity contribution in [3.05, 3.63) is 60.3 Å². The Bertz CT molecular complexity index is 1070. The van der Waals surface area contributed by atoms with E-state index in [0.717, 1.165) is 11.3 Å². The predicted octanol–water partition coefficient (Wildman–Crippen LogP) is 6.54.